The third kappa shape index (κ3) is 4.57. The second-order valence-electron chi connectivity index (χ2n) is 6.00. The van der Waals surface area contributed by atoms with Crippen LogP contribution in [0.25, 0.3) is 0 Å². The Morgan fingerprint density at radius 3 is 2.10 bits per heavy atom. The van der Waals surface area contributed by atoms with E-state index < -0.39 is 5.41 Å². The lowest BCUT2D eigenvalue weighted by Crippen LogP contribution is -2.46. The standard InChI is InChI=1S/C14H17Cl2NO.CO2/c1-13(2,3)17-12(18)14(6-7-14)9-4-5-10(15)11(16)8-9;2-1-3/h4-5,8H,6-7H2,1-3H3,(H,17,18);. The molecule has 0 bridgehead atoms. The van der Waals surface area contributed by atoms with Crippen molar-refractivity contribution >= 4 is 35.3 Å². The number of carbonyl (C=O) groups is 1. The van der Waals surface area contributed by atoms with Crippen LogP contribution in [-0.2, 0) is 19.8 Å². The first kappa shape index (κ1) is 17.7. The summed E-state index contributed by atoms with van der Waals surface area (Å²) in [7, 11) is 0. The van der Waals surface area contributed by atoms with Crippen molar-refractivity contribution in [2.24, 2.45) is 0 Å². The summed E-state index contributed by atoms with van der Waals surface area (Å²) in [5.74, 6) is 0.0772. The molecule has 1 saturated carbocycles. The Labute approximate surface area is 133 Å². The molecule has 0 atom stereocenters. The SMILES string of the molecule is CC(C)(C)NC(=O)C1(c2ccc(Cl)c(Cl)c2)CC1.O=C=O. The molecular formula is C15H17Cl2NO3. The minimum absolute atomic E-state index is 0.0772. The van der Waals surface area contributed by atoms with Crippen LogP contribution in [0.2, 0.25) is 10.0 Å². The van der Waals surface area contributed by atoms with E-state index in [0.717, 1.165) is 18.4 Å². The number of carbonyl (C=O) groups excluding carboxylic acids is 3. The maximum absolute atomic E-state index is 12.4. The molecule has 114 valence electrons. The summed E-state index contributed by atoms with van der Waals surface area (Å²) in [5.41, 5.74) is 0.336. The minimum atomic E-state index is -0.401. The second kappa shape index (κ2) is 6.61. The molecule has 1 fully saturated rings. The van der Waals surface area contributed by atoms with E-state index in [9.17, 15) is 4.79 Å². The van der Waals surface area contributed by atoms with Gasteiger partial charge in [0.05, 0.1) is 15.5 Å². The number of amides is 1. The molecule has 1 aromatic carbocycles. The van der Waals surface area contributed by atoms with Crippen molar-refractivity contribution in [2.75, 3.05) is 0 Å². The van der Waals surface area contributed by atoms with Crippen LogP contribution in [0, 0.1) is 0 Å². The van der Waals surface area contributed by atoms with E-state index in [1.807, 2.05) is 26.8 Å². The monoisotopic (exact) mass is 329 g/mol. The first-order chi connectivity index (χ1) is 9.66. The van der Waals surface area contributed by atoms with Gasteiger partial charge in [-0.15, -0.1) is 0 Å². The maximum atomic E-state index is 12.4. The predicted octanol–water partition coefficient (Wildman–Crippen LogP) is 3.36. The fourth-order valence-electron chi connectivity index (χ4n) is 2.03. The highest BCUT2D eigenvalue weighted by Crippen LogP contribution is 2.49. The smallest absolute Gasteiger partial charge is 0.351 e. The van der Waals surface area contributed by atoms with Gasteiger partial charge in [-0.2, -0.15) is 9.59 Å². The van der Waals surface area contributed by atoms with E-state index in [1.54, 1.807) is 12.1 Å². The molecule has 4 nitrogen and oxygen atoms in total. The van der Waals surface area contributed by atoms with Gasteiger partial charge in [-0.05, 0) is 51.3 Å². The van der Waals surface area contributed by atoms with Crippen molar-refractivity contribution in [1.29, 1.82) is 0 Å². The largest absolute Gasteiger partial charge is 0.373 e. The summed E-state index contributed by atoms with van der Waals surface area (Å²) in [6.07, 6.45) is 1.99. The Hall–Kier alpha value is -1.35. The third-order valence-corrected chi connectivity index (χ3v) is 3.88. The summed E-state index contributed by atoms with van der Waals surface area (Å²) >= 11 is 11.9. The number of nitrogens with one attached hydrogen (secondary N) is 1. The lowest BCUT2D eigenvalue weighted by Gasteiger charge is -2.25. The predicted molar refractivity (Wildman–Crippen MR) is 80.3 cm³/mol. The van der Waals surface area contributed by atoms with Gasteiger partial charge in [0.25, 0.3) is 0 Å². The van der Waals surface area contributed by atoms with E-state index >= 15 is 0 Å². The normalized spacial score (nSPS) is 15.3. The van der Waals surface area contributed by atoms with Gasteiger partial charge in [0.2, 0.25) is 5.91 Å². The number of benzene rings is 1. The Bertz CT molecular complexity index is 569. The van der Waals surface area contributed by atoms with Gasteiger partial charge in [0.15, 0.2) is 0 Å². The Balaban J connectivity index is 0.000000677. The molecule has 1 aliphatic rings. The molecule has 0 radical (unpaired) electrons. The molecule has 2 rings (SSSR count). The zero-order valence-corrected chi connectivity index (χ0v) is 13.6. The Morgan fingerprint density at radius 1 is 1.19 bits per heavy atom. The van der Waals surface area contributed by atoms with Crippen molar-refractivity contribution in [3.8, 4) is 0 Å². The molecule has 1 aromatic rings. The highest BCUT2D eigenvalue weighted by atomic mass is 35.5. The van der Waals surface area contributed by atoms with Crippen LogP contribution >= 0.6 is 23.2 Å². The molecule has 0 saturated heterocycles. The van der Waals surface area contributed by atoms with Gasteiger partial charge in [0, 0.05) is 5.54 Å². The zero-order chi connectivity index (χ0) is 16.3. The van der Waals surface area contributed by atoms with E-state index in [1.165, 1.54) is 0 Å². The Morgan fingerprint density at radius 2 is 1.71 bits per heavy atom. The summed E-state index contributed by atoms with van der Waals surface area (Å²) in [4.78, 5) is 28.6. The highest BCUT2D eigenvalue weighted by Gasteiger charge is 2.52. The molecule has 0 spiro atoms. The van der Waals surface area contributed by atoms with Gasteiger partial charge < -0.3 is 5.32 Å². The van der Waals surface area contributed by atoms with Gasteiger partial charge in [-0.1, -0.05) is 29.3 Å². The van der Waals surface area contributed by atoms with Crippen LogP contribution in [-0.4, -0.2) is 17.6 Å². The van der Waals surface area contributed by atoms with Crippen LogP contribution in [0.1, 0.15) is 39.2 Å². The van der Waals surface area contributed by atoms with E-state index in [0.29, 0.717) is 10.0 Å². The van der Waals surface area contributed by atoms with Gasteiger partial charge in [-0.25, -0.2) is 0 Å². The molecule has 1 N–H and O–H groups in total. The quantitative estimate of drug-likeness (QED) is 0.904. The fraction of sp³-hybridized carbons (Fsp3) is 0.467. The van der Waals surface area contributed by atoms with Crippen LogP contribution in [0.4, 0.5) is 0 Å². The number of hydrogen-bond acceptors (Lipinski definition) is 3. The summed E-state index contributed by atoms with van der Waals surface area (Å²) < 4.78 is 0. The van der Waals surface area contributed by atoms with Crippen LogP contribution < -0.4 is 5.32 Å². The molecular weight excluding hydrogens is 313 g/mol. The number of rotatable bonds is 2. The van der Waals surface area contributed by atoms with Crippen molar-refractivity contribution in [1.82, 2.24) is 5.32 Å². The van der Waals surface area contributed by atoms with Gasteiger partial charge >= 0.3 is 6.15 Å². The summed E-state index contributed by atoms with van der Waals surface area (Å²) in [6.45, 7) is 5.95. The van der Waals surface area contributed by atoms with Gasteiger partial charge in [0.1, 0.15) is 0 Å². The average Bonchev–Trinajstić information content (AvgIpc) is 3.13. The van der Waals surface area contributed by atoms with Crippen LogP contribution in [0.3, 0.4) is 0 Å². The molecule has 1 aliphatic carbocycles. The number of hydrogen-bond donors (Lipinski definition) is 1. The lowest BCUT2D eigenvalue weighted by molar-refractivity contribution is -0.191. The number of halogens is 2. The first-order valence-electron chi connectivity index (χ1n) is 6.44. The topological polar surface area (TPSA) is 63.2 Å². The Kier molecular flexibility index (Phi) is 5.57. The minimum Gasteiger partial charge on any atom is -0.351 e. The second-order valence-corrected chi connectivity index (χ2v) is 6.81. The zero-order valence-electron chi connectivity index (χ0n) is 12.1. The molecule has 0 unspecified atom stereocenters. The molecule has 6 heteroatoms. The molecule has 1 amide bonds. The van der Waals surface area contributed by atoms with Crippen LogP contribution in [0.5, 0.6) is 0 Å². The maximum Gasteiger partial charge on any atom is 0.373 e. The lowest BCUT2D eigenvalue weighted by atomic mass is 9.93. The molecule has 0 aliphatic heterocycles. The van der Waals surface area contributed by atoms with Crippen molar-refractivity contribution < 1.29 is 14.4 Å². The van der Waals surface area contributed by atoms with E-state index in [4.69, 9.17) is 32.8 Å². The van der Waals surface area contributed by atoms with Gasteiger partial charge in [-0.3, -0.25) is 4.79 Å². The fourth-order valence-corrected chi connectivity index (χ4v) is 2.32. The first-order valence-corrected chi connectivity index (χ1v) is 7.19. The highest BCUT2D eigenvalue weighted by molar-refractivity contribution is 6.42. The molecule has 0 aromatic heterocycles. The summed E-state index contributed by atoms with van der Waals surface area (Å²) in [5, 5.41) is 4.06. The van der Waals surface area contributed by atoms with Crippen LogP contribution in [0.15, 0.2) is 18.2 Å². The van der Waals surface area contributed by atoms with E-state index in [2.05, 4.69) is 5.32 Å². The summed E-state index contributed by atoms with van der Waals surface area (Å²) in [6, 6.07) is 5.45. The third-order valence-electron chi connectivity index (χ3n) is 3.15. The van der Waals surface area contributed by atoms with Crippen molar-refractivity contribution in [2.45, 2.75) is 44.6 Å². The van der Waals surface area contributed by atoms with Crippen molar-refractivity contribution in [3.05, 3.63) is 33.8 Å². The molecule has 21 heavy (non-hydrogen) atoms. The van der Waals surface area contributed by atoms with E-state index in [-0.39, 0.29) is 17.6 Å². The average molecular weight is 330 g/mol. The molecule has 0 heterocycles. The van der Waals surface area contributed by atoms with Crippen molar-refractivity contribution in [3.63, 3.8) is 0 Å².